The van der Waals surface area contributed by atoms with E-state index in [1.807, 2.05) is 0 Å². The van der Waals surface area contributed by atoms with Gasteiger partial charge in [-0.05, 0) is 30.9 Å². The van der Waals surface area contributed by atoms with E-state index in [0.29, 0.717) is 12.5 Å². The Kier molecular flexibility index (Phi) is 4.92. The first-order valence-electron chi connectivity index (χ1n) is 6.81. The molecule has 0 spiro atoms. The molecule has 1 heterocycles. The Bertz CT molecular complexity index is 587. The number of aromatic nitrogens is 1. The minimum absolute atomic E-state index is 0.0630. The molecule has 7 nitrogen and oxygen atoms in total. The van der Waals surface area contributed by atoms with Crippen LogP contribution in [-0.2, 0) is 14.8 Å². The number of amides is 1. The minimum Gasteiger partial charge on any atom is -0.351 e. The van der Waals surface area contributed by atoms with Gasteiger partial charge in [-0.3, -0.25) is 9.78 Å². The standard InChI is InChI=1S/C13H20N4O3S/c1-17(21(19,20)11-3-2-6-15-8-11)9-13(18)16-12(7-14)10-4-5-10/h2-3,6,8,10,12H,4-5,7,9,14H2,1H3,(H,16,18). The van der Waals surface area contributed by atoms with Gasteiger partial charge in [-0.2, -0.15) is 4.31 Å². The quantitative estimate of drug-likeness (QED) is 0.710. The van der Waals surface area contributed by atoms with Crippen LogP contribution in [0.2, 0.25) is 0 Å². The summed E-state index contributed by atoms with van der Waals surface area (Å²) in [5, 5.41) is 2.80. The average molecular weight is 312 g/mol. The summed E-state index contributed by atoms with van der Waals surface area (Å²) >= 11 is 0. The molecule has 0 radical (unpaired) electrons. The first kappa shape index (κ1) is 15.9. The van der Waals surface area contributed by atoms with Crippen LogP contribution < -0.4 is 11.1 Å². The van der Waals surface area contributed by atoms with E-state index in [1.165, 1.54) is 25.5 Å². The maximum atomic E-state index is 12.3. The zero-order valence-corrected chi connectivity index (χ0v) is 12.7. The third-order valence-electron chi connectivity index (χ3n) is 3.50. The highest BCUT2D eigenvalue weighted by molar-refractivity contribution is 7.89. The lowest BCUT2D eigenvalue weighted by Crippen LogP contribution is -2.46. The van der Waals surface area contributed by atoms with Crippen LogP contribution in [0.25, 0.3) is 0 Å². The second kappa shape index (κ2) is 6.50. The molecule has 2 rings (SSSR count). The maximum Gasteiger partial charge on any atom is 0.244 e. The Labute approximate surface area is 124 Å². The largest absolute Gasteiger partial charge is 0.351 e. The van der Waals surface area contributed by atoms with Crippen molar-refractivity contribution in [2.24, 2.45) is 11.7 Å². The molecule has 0 bridgehead atoms. The molecule has 1 aliphatic rings. The van der Waals surface area contributed by atoms with E-state index >= 15 is 0 Å². The minimum atomic E-state index is -3.70. The number of hydrogen-bond acceptors (Lipinski definition) is 5. The molecule has 1 fully saturated rings. The Morgan fingerprint density at radius 2 is 2.29 bits per heavy atom. The Morgan fingerprint density at radius 3 is 2.81 bits per heavy atom. The molecule has 1 aliphatic carbocycles. The van der Waals surface area contributed by atoms with Gasteiger partial charge < -0.3 is 11.1 Å². The van der Waals surface area contributed by atoms with E-state index in [0.717, 1.165) is 17.1 Å². The summed E-state index contributed by atoms with van der Waals surface area (Å²) in [5.41, 5.74) is 5.61. The summed E-state index contributed by atoms with van der Waals surface area (Å²) in [7, 11) is -2.33. The van der Waals surface area contributed by atoms with Crippen molar-refractivity contribution in [2.45, 2.75) is 23.8 Å². The number of carbonyl (C=O) groups is 1. The van der Waals surface area contributed by atoms with E-state index in [2.05, 4.69) is 10.3 Å². The fraction of sp³-hybridized carbons (Fsp3) is 0.538. The van der Waals surface area contributed by atoms with Crippen LogP contribution >= 0.6 is 0 Å². The highest BCUT2D eigenvalue weighted by Crippen LogP contribution is 2.32. The van der Waals surface area contributed by atoms with Gasteiger partial charge in [0.05, 0.1) is 6.54 Å². The zero-order valence-electron chi connectivity index (χ0n) is 11.9. The van der Waals surface area contributed by atoms with Gasteiger partial charge in [-0.1, -0.05) is 0 Å². The highest BCUT2D eigenvalue weighted by Gasteiger charge is 2.32. The van der Waals surface area contributed by atoms with Gasteiger partial charge in [0.15, 0.2) is 0 Å². The molecule has 0 aliphatic heterocycles. The molecule has 21 heavy (non-hydrogen) atoms. The van der Waals surface area contributed by atoms with Crippen molar-refractivity contribution in [1.29, 1.82) is 0 Å². The number of nitrogens with two attached hydrogens (primary N) is 1. The van der Waals surface area contributed by atoms with Gasteiger partial charge in [-0.25, -0.2) is 8.42 Å². The van der Waals surface area contributed by atoms with Crippen LogP contribution in [0.15, 0.2) is 29.4 Å². The van der Waals surface area contributed by atoms with Crippen molar-refractivity contribution in [1.82, 2.24) is 14.6 Å². The van der Waals surface area contributed by atoms with Crippen molar-refractivity contribution in [3.8, 4) is 0 Å². The van der Waals surface area contributed by atoms with Crippen LogP contribution in [0.4, 0.5) is 0 Å². The lowest BCUT2D eigenvalue weighted by molar-refractivity contribution is -0.121. The Hall–Kier alpha value is -1.51. The lowest BCUT2D eigenvalue weighted by atomic mass is 10.2. The Morgan fingerprint density at radius 1 is 1.57 bits per heavy atom. The smallest absolute Gasteiger partial charge is 0.244 e. The first-order chi connectivity index (χ1) is 9.95. The molecule has 0 saturated heterocycles. The van der Waals surface area contributed by atoms with Gasteiger partial charge in [0, 0.05) is 32.0 Å². The van der Waals surface area contributed by atoms with E-state index in [1.54, 1.807) is 6.07 Å². The monoisotopic (exact) mass is 312 g/mol. The summed E-state index contributed by atoms with van der Waals surface area (Å²) in [6.45, 7) is 0.135. The number of rotatable bonds is 7. The molecule has 1 atom stereocenters. The van der Waals surface area contributed by atoms with E-state index < -0.39 is 10.0 Å². The molecule has 0 aromatic carbocycles. The van der Waals surface area contributed by atoms with Gasteiger partial charge in [0.2, 0.25) is 15.9 Å². The van der Waals surface area contributed by atoms with Crippen LogP contribution in [-0.4, -0.2) is 49.8 Å². The lowest BCUT2D eigenvalue weighted by Gasteiger charge is -2.20. The summed E-state index contributed by atoms with van der Waals surface area (Å²) in [6.07, 6.45) is 4.88. The zero-order chi connectivity index (χ0) is 15.5. The molecule has 116 valence electrons. The van der Waals surface area contributed by atoms with Crippen LogP contribution in [0.3, 0.4) is 0 Å². The summed E-state index contributed by atoms with van der Waals surface area (Å²) in [6, 6.07) is 2.93. The number of pyridine rings is 1. The number of nitrogens with zero attached hydrogens (tertiary/aromatic N) is 2. The molecule has 1 aromatic rings. The van der Waals surface area contributed by atoms with E-state index in [4.69, 9.17) is 5.73 Å². The average Bonchev–Trinajstić information content (AvgIpc) is 3.30. The van der Waals surface area contributed by atoms with Gasteiger partial charge >= 0.3 is 0 Å². The predicted molar refractivity (Wildman–Crippen MR) is 77.8 cm³/mol. The molecule has 8 heteroatoms. The van der Waals surface area contributed by atoms with E-state index in [-0.39, 0.29) is 23.4 Å². The molecule has 3 N–H and O–H groups in total. The molecule has 1 unspecified atom stereocenters. The van der Waals surface area contributed by atoms with Crippen LogP contribution in [0.5, 0.6) is 0 Å². The fourth-order valence-corrected chi connectivity index (χ4v) is 3.18. The summed E-state index contributed by atoms with van der Waals surface area (Å²) < 4.78 is 25.5. The second-order valence-corrected chi connectivity index (χ2v) is 7.24. The van der Waals surface area contributed by atoms with Crippen molar-refractivity contribution in [3.63, 3.8) is 0 Å². The SMILES string of the molecule is CN(CC(=O)NC(CN)C1CC1)S(=O)(=O)c1cccnc1. The van der Waals surface area contributed by atoms with Crippen molar-refractivity contribution >= 4 is 15.9 Å². The molecular weight excluding hydrogens is 292 g/mol. The summed E-state index contributed by atoms with van der Waals surface area (Å²) in [5.74, 6) is 0.0894. The van der Waals surface area contributed by atoms with Crippen molar-refractivity contribution in [2.75, 3.05) is 20.1 Å². The third kappa shape index (κ3) is 3.99. The van der Waals surface area contributed by atoms with Gasteiger partial charge in [0.1, 0.15) is 4.90 Å². The molecular formula is C13H20N4O3S. The second-order valence-electron chi connectivity index (χ2n) is 5.20. The highest BCUT2D eigenvalue weighted by atomic mass is 32.2. The van der Waals surface area contributed by atoms with E-state index in [9.17, 15) is 13.2 Å². The first-order valence-corrected chi connectivity index (χ1v) is 8.25. The van der Waals surface area contributed by atoms with Crippen LogP contribution in [0.1, 0.15) is 12.8 Å². The maximum absolute atomic E-state index is 12.3. The number of likely N-dealkylation sites (N-methyl/N-ethyl adjacent to an activating group) is 1. The van der Waals surface area contributed by atoms with Gasteiger partial charge in [-0.15, -0.1) is 0 Å². The number of nitrogens with one attached hydrogen (secondary N) is 1. The van der Waals surface area contributed by atoms with Crippen LogP contribution in [0, 0.1) is 5.92 Å². The molecule has 1 saturated carbocycles. The summed E-state index contributed by atoms with van der Waals surface area (Å²) in [4.78, 5) is 15.8. The van der Waals surface area contributed by atoms with Gasteiger partial charge in [0.25, 0.3) is 0 Å². The Balaban J connectivity index is 1.97. The molecule has 1 aromatic heterocycles. The number of hydrogen-bond donors (Lipinski definition) is 2. The number of sulfonamides is 1. The van der Waals surface area contributed by atoms with Crippen molar-refractivity contribution < 1.29 is 13.2 Å². The van der Waals surface area contributed by atoms with Crippen molar-refractivity contribution in [3.05, 3.63) is 24.5 Å². The third-order valence-corrected chi connectivity index (χ3v) is 5.29. The molecule has 1 amide bonds. The fourth-order valence-electron chi connectivity index (χ4n) is 2.09. The normalized spacial score (nSPS) is 16.7. The number of carbonyl (C=O) groups excluding carboxylic acids is 1. The predicted octanol–water partition coefficient (Wildman–Crippen LogP) is -0.444. The topological polar surface area (TPSA) is 105 Å².